The first-order chi connectivity index (χ1) is 18.5. The first-order valence-electron chi connectivity index (χ1n) is 13.6. The highest BCUT2D eigenvalue weighted by Gasteiger charge is 2.21. The summed E-state index contributed by atoms with van der Waals surface area (Å²) in [5, 5.41) is 14.2. The lowest BCUT2D eigenvalue weighted by atomic mass is 9.94. The summed E-state index contributed by atoms with van der Waals surface area (Å²) >= 11 is 1.77. The van der Waals surface area contributed by atoms with E-state index < -0.39 is 6.10 Å². The molecule has 0 bridgehead atoms. The van der Waals surface area contributed by atoms with Crippen molar-refractivity contribution in [2.75, 3.05) is 26.0 Å². The van der Waals surface area contributed by atoms with Crippen molar-refractivity contribution in [2.24, 2.45) is 0 Å². The van der Waals surface area contributed by atoms with Crippen LogP contribution in [-0.2, 0) is 15.9 Å². The van der Waals surface area contributed by atoms with Gasteiger partial charge in [0.15, 0.2) is 0 Å². The van der Waals surface area contributed by atoms with Gasteiger partial charge >= 0.3 is 5.97 Å². The maximum atomic E-state index is 12.2. The number of ether oxygens (including phenoxy) is 2. The summed E-state index contributed by atoms with van der Waals surface area (Å²) < 4.78 is 11.3. The number of esters is 1. The van der Waals surface area contributed by atoms with Gasteiger partial charge in [-0.3, -0.25) is 0 Å². The molecule has 3 aromatic rings. The lowest BCUT2D eigenvalue weighted by molar-refractivity contribution is -0.00397. The fraction of sp³-hybridized carbons (Fsp3) is 0.424. The summed E-state index contributed by atoms with van der Waals surface area (Å²) in [6.07, 6.45) is 2.12. The van der Waals surface area contributed by atoms with Crippen LogP contribution in [0.2, 0.25) is 0 Å². The number of aliphatic hydroxyl groups excluding tert-OH is 1. The maximum Gasteiger partial charge on any atom is 0.338 e. The second-order valence-electron chi connectivity index (χ2n) is 10.7. The highest BCUT2D eigenvalue weighted by molar-refractivity contribution is 7.98. The first kappa shape index (κ1) is 30.9. The number of hydrogen-bond donors (Lipinski definition) is 2. The zero-order valence-corrected chi connectivity index (χ0v) is 25.2. The Kier molecular flexibility index (Phi) is 11.2. The molecule has 6 heteroatoms. The van der Waals surface area contributed by atoms with Crippen molar-refractivity contribution in [3.63, 3.8) is 0 Å². The Balaban J connectivity index is 1.59. The molecular weight excluding hydrogens is 506 g/mol. The number of β-amino-alcohol motifs (C(OH)–C–C–N with tert-alkyl or cyclic N) is 1. The Morgan fingerprint density at radius 3 is 2.46 bits per heavy atom. The van der Waals surface area contributed by atoms with Gasteiger partial charge in [-0.25, -0.2) is 4.79 Å². The van der Waals surface area contributed by atoms with Gasteiger partial charge in [0.1, 0.15) is 0 Å². The standard InChI is InChI=1S/C33H43NO4S/c1-8-37-32(36)28-15-14-26(18-22(28)2)30-12-10-9-11-29(30)24(4)38-21-27(35)20-34-33(5,6)19-25-13-16-31(39-7)23(3)17-25/h9-18,24,27,34-35H,8,19-21H2,1-7H3. The largest absolute Gasteiger partial charge is 0.462 e. The molecule has 0 fully saturated rings. The molecule has 0 heterocycles. The molecule has 3 aromatic carbocycles. The Morgan fingerprint density at radius 2 is 1.79 bits per heavy atom. The summed E-state index contributed by atoms with van der Waals surface area (Å²) in [6.45, 7) is 13.2. The summed E-state index contributed by atoms with van der Waals surface area (Å²) in [5.74, 6) is -0.305. The summed E-state index contributed by atoms with van der Waals surface area (Å²) in [5.41, 5.74) is 6.94. The first-order valence-corrected chi connectivity index (χ1v) is 14.8. The van der Waals surface area contributed by atoms with E-state index in [1.54, 1.807) is 18.7 Å². The molecule has 210 valence electrons. The van der Waals surface area contributed by atoms with Gasteiger partial charge < -0.3 is 19.9 Å². The molecule has 0 aliphatic carbocycles. The summed E-state index contributed by atoms with van der Waals surface area (Å²) in [4.78, 5) is 13.5. The number of carbonyl (C=O) groups is 1. The van der Waals surface area contributed by atoms with Crippen molar-refractivity contribution in [1.82, 2.24) is 5.32 Å². The number of nitrogens with one attached hydrogen (secondary N) is 1. The van der Waals surface area contributed by atoms with E-state index >= 15 is 0 Å². The summed E-state index contributed by atoms with van der Waals surface area (Å²) in [6, 6.07) is 20.5. The fourth-order valence-corrected chi connectivity index (χ4v) is 5.39. The molecular formula is C33H43NO4S. The third kappa shape index (κ3) is 8.67. The van der Waals surface area contributed by atoms with E-state index in [1.165, 1.54) is 16.0 Å². The van der Waals surface area contributed by atoms with Crippen molar-refractivity contribution in [3.8, 4) is 11.1 Å². The number of rotatable bonds is 13. The van der Waals surface area contributed by atoms with E-state index in [2.05, 4.69) is 56.6 Å². The zero-order valence-electron chi connectivity index (χ0n) is 24.3. The molecule has 2 unspecified atom stereocenters. The molecule has 0 aliphatic heterocycles. The SMILES string of the molecule is CCOC(=O)c1ccc(-c2ccccc2C(C)OCC(O)CNC(C)(C)Cc2ccc(SC)c(C)c2)cc1C. The van der Waals surface area contributed by atoms with Crippen LogP contribution in [0.5, 0.6) is 0 Å². The zero-order chi connectivity index (χ0) is 28.6. The van der Waals surface area contributed by atoms with E-state index in [9.17, 15) is 9.90 Å². The molecule has 3 rings (SSSR count). The van der Waals surface area contributed by atoms with E-state index in [0.29, 0.717) is 18.7 Å². The van der Waals surface area contributed by atoms with Crippen molar-refractivity contribution in [3.05, 3.63) is 88.5 Å². The van der Waals surface area contributed by atoms with Crippen molar-refractivity contribution in [2.45, 2.75) is 70.6 Å². The van der Waals surface area contributed by atoms with Crippen LogP contribution < -0.4 is 5.32 Å². The maximum absolute atomic E-state index is 12.2. The lowest BCUT2D eigenvalue weighted by Gasteiger charge is -2.29. The normalized spacial score (nSPS) is 13.2. The van der Waals surface area contributed by atoms with Gasteiger partial charge in [0, 0.05) is 17.0 Å². The molecule has 2 N–H and O–H groups in total. The van der Waals surface area contributed by atoms with Crippen LogP contribution in [0, 0.1) is 13.8 Å². The molecule has 5 nitrogen and oxygen atoms in total. The van der Waals surface area contributed by atoms with Crippen LogP contribution in [0.3, 0.4) is 0 Å². The smallest absolute Gasteiger partial charge is 0.338 e. The average Bonchev–Trinajstić information content (AvgIpc) is 2.90. The Hall–Kier alpha value is -2.64. The molecule has 0 aromatic heterocycles. The van der Waals surface area contributed by atoms with E-state index in [0.717, 1.165) is 28.7 Å². The van der Waals surface area contributed by atoms with Gasteiger partial charge in [0.2, 0.25) is 0 Å². The van der Waals surface area contributed by atoms with Gasteiger partial charge in [-0.15, -0.1) is 11.8 Å². The summed E-state index contributed by atoms with van der Waals surface area (Å²) in [7, 11) is 0. The topological polar surface area (TPSA) is 67.8 Å². The number of aliphatic hydroxyl groups is 1. The molecule has 0 saturated carbocycles. The van der Waals surface area contributed by atoms with Gasteiger partial charge in [-0.1, -0.05) is 48.5 Å². The average molecular weight is 550 g/mol. The van der Waals surface area contributed by atoms with Gasteiger partial charge in [-0.05, 0) is 99.7 Å². The van der Waals surface area contributed by atoms with E-state index in [4.69, 9.17) is 9.47 Å². The van der Waals surface area contributed by atoms with E-state index in [-0.39, 0.29) is 24.2 Å². The molecule has 2 atom stereocenters. The van der Waals surface area contributed by atoms with Crippen LogP contribution in [-0.4, -0.2) is 48.7 Å². The van der Waals surface area contributed by atoms with Crippen LogP contribution in [0.4, 0.5) is 0 Å². The predicted molar refractivity (Wildman–Crippen MR) is 162 cm³/mol. The number of carbonyl (C=O) groups excluding carboxylic acids is 1. The third-order valence-corrected chi connectivity index (χ3v) is 7.79. The quantitative estimate of drug-likeness (QED) is 0.178. The molecule has 0 spiro atoms. The number of benzene rings is 3. The Morgan fingerprint density at radius 1 is 1.05 bits per heavy atom. The van der Waals surface area contributed by atoms with Crippen molar-refractivity contribution in [1.29, 1.82) is 0 Å². The van der Waals surface area contributed by atoms with Crippen LogP contribution in [0.15, 0.2) is 65.6 Å². The Labute approximate surface area is 238 Å². The second kappa shape index (κ2) is 14.1. The third-order valence-electron chi connectivity index (χ3n) is 6.89. The second-order valence-corrected chi connectivity index (χ2v) is 11.6. The number of hydrogen-bond acceptors (Lipinski definition) is 6. The minimum atomic E-state index is -0.634. The molecule has 0 amide bonds. The molecule has 0 saturated heterocycles. The number of thioether (sulfide) groups is 1. The highest BCUT2D eigenvalue weighted by atomic mass is 32.2. The molecule has 0 aliphatic rings. The minimum absolute atomic E-state index is 0.167. The predicted octanol–water partition coefficient (Wildman–Crippen LogP) is 6.92. The lowest BCUT2D eigenvalue weighted by Crippen LogP contribution is -2.46. The van der Waals surface area contributed by atoms with Crippen LogP contribution >= 0.6 is 11.8 Å². The van der Waals surface area contributed by atoms with Gasteiger partial charge in [-0.2, -0.15) is 0 Å². The van der Waals surface area contributed by atoms with Crippen molar-refractivity contribution < 1.29 is 19.4 Å². The Bertz CT molecular complexity index is 1260. The monoisotopic (exact) mass is 549 g/mol. The minimum Gasteiger partial charge on any atom is -0.462 e. The van der Waals surface area contributed by atoms with Gasteiger partial charge in [0.25, 0.3) is 0 Å². The van der Waals surface area contributed by atoms with E-state index in [1.807, 2.05) is 50.2 Å². The van der Waals surface area contributed by atoms with Crippen molar-refractivity contribution >= 4 is 17.7 Å². The fourth-order valence-electron chi connectivity index (χ4n) is 4.80. The number of aryl methyl sites for hydroxylation is 2. The van der Waals surface area contributed by atoms with Crippen LogP contribution in [0.1, 0.15) is 66.4 Å². The van der Waals surface area contributed by atoms with Crippen LogP contribution in [0.25, 0.3) is 11.1 Å². The van der Waals surface area contributed by atoms with Gasteiger partial charge in [0.05, 0.1) is 31.0 Å². The highest BCUT2D eigenvalue weighted by Crippen LogP contribution is 2.31. The molecule has 39 heavy (non-hydrogen) atoms. The molecule has 0 radical (unpaired) electrons.